The summed E-state index contributed by atoms with van der Waals surface area (Å²) in [5.74, 6) is 0.0591. The fraction of sp³-hybridized carbons (Fsp3) is 0.0909. The highest BCUT2D eigenvalue weighted by atomic mass is 35.5. The number of nitrogens with zero attached hydrogens (tertiary/aromatic N) is 1. The van der Waals surface area contributed by atoms with E-state index in [1.54, 1.807) is 55.8 Å². The molecule has 0 bridgehead atoms. The second-order valence-electron chi connectivity index (χ2n) is 6.16. The Hall–Kier alpha value is -3.22. The molecule has 8 heteroatoms. The van der Waals surface area contributed by atoms with Gasteiger partial charge in [0, 0.05) is 15.6 Å². The van der Waals surface area contributed by atoms with Crippen LogP contribution in [0.3, 0.4) is 0 Å². The third kappa shape index (κ3) is 5.43. The highest BCUT2D eigenvalue weighted by molar-refractivity contribution is 6.35. The van der Waals surface area contributed by atoms with Gasteiger partial charge < -0.3 is 14.6 Å². The Labute approximate surface area is 183 Å². The molecule has 0 saturated heterocycles. The van der Waals surface area contributed by atoms with E-state index in [4.69, 9.17) is 37.8 Å². The number of hydrogen-bond acceptors (Lipinski definition) is 5. The van der Waals surface area contributed by atoms with Gasteiger partial charge in [0.2, 0.25) is 0 Å². The molecule has 3 rings (SSSR count). The number of benzene rings is 3. The molecule has 3 aromatic rings. The molecule has 6 nitrogen and oxygen atoms in total. The topological polar surface area (TPSA) is 80.2 Å². The molecule has 0 heterocycles. The van der Waals surface area contributed by atoms with Crippen molar-refractivity contribution in [2.75, 3.05) is 12.5 Å². The largest absolute Gasteiger partial charge is 0.493 e. The lowest BCUT2D eigenvalue weighted by Crippen LogP contribution is -2.00. The average molecular weight is 445 g/mol. The van der Waals surface area contributed by atoms with Crippen LogP contribution in [0.4, 0.5) is 5.69 Å². The first-order valence-electron chi connectivity index (χ1n) is 8.84. The number of carboxylic acid groups (broad SMARTS) is 1. The van der Waals surface area contributed by atoms with Crippen LogP contribution in [-0.4, -0.2) is 24.4 Å². The Balaban J connectivity index is 1.68. The highest BCUT2D eigenvalue weighted by Gasteiger charge is 2.10. The molecule has 3 aromatic carbocycles. The van der Waals surface area contributed by atoms with Crippen LogP contribution in [0.2, 0.25) is 10.0 Å². The first-order valence-corrected chi connectivity index (χ1v) is 9.59. The van der Waals surface area contributed by atoms with Crippen molar-refractivity contribution >= 4 is 41.1 Å². The summed E-state index contributed by atoms with van der Waals surface area (Å²) in [5.41, 5.74) is 5.00. The Kier molecular flexibility index (Phi) is 7.17. The molecule has 0 aliphatic rings. The van der Waals surface area contributed by atoms with Gasteiger partial charge >= 0.3 is 5.97 Å². The van der Waals surface area contributed by atoms with Gasteiger partial charge in [0.15, 0.2) is 11.5 Å². The highest BCUT2D eigenvalue weighted by Crippen LogP contribution is 2.31. The molecule has 0 saturated carbocycles. The van der Waals surface area contributed by atoms with Gasteiger partial charge in [0.25, 0.3) is 0 Å². The number of methoxy groups -OCH3 is 1. The molecular formula is C22H18Cl2N2O4. The summed E-state index contributed by atoms with van der Waals surface area (Å²) in [7, 11) is 1.54. The molecule has 0 atom stereocenters. The van der Waals surface area contributed by atoms with Crippen molar-refractivity contribution in [1.29, 1.82) is 0 Å². The van der Waals surface area contributed by atoms with Gasteiger partial charge in [-0.05, 0) is 54.1 Å². The molecule has 0 amide bonds. The number of anilines is 1. The van der Waals surface area contributed by atoms with Crippen LogP contribution in [0.25, 0.3) is 0 Å². The predicted octanol–water partition coefficient (Wildman–Crippen LogP) is 5.73. The van der Waals surface area contributed by atoms with Crippen LogP contribution < -0.4 is 14.9 Å². The number of nitrogens with one attached hydrogen (secondary N) is 1. The van der Waals surface area contributed by atoms with Crippen molar-refractivity contribution in [2.45, 2.75) is 6.61 Å². The minimum Gasteiger partial charge on any atom is -0.493 e. The normalized spacial score (nSPS) is 10.8. The minimum absolute atomic E-state index is 0.178. The molecule has 0 aliphatic carbocycles. The zero-order valence-corrected chi connectivity index (χ0v) is 17.4. The number of hydrogen-bond donors (Lipinski definition) is 2. The fourth-order valence-corrected chi connectivity index (χ4v) is 3.11. The molecule has 0 radical (unpaired) electrons. The standard InChI is InChI=1S/C22H18Cl2N2O4/c1-29-21-10-14(12-25-26-16-5-2-4-15(11-16)22(27)28)8-9-20(21)30-13-17-18(23)6-3-7-19(17)24/h2-12,26H,13H2,1H3,(H,27,28)/b25-12+. The Morgan fingerprint density at radius 2 is 1.80 bits per heavy atom. The van der Waals surface area contributed by atoms with E-state index in [1.165, 1.54) is 12.1 Å². The summed E-state index contributed by atoms with van der Waals surface area (Å²) in [6.45, 7) is 0.198. The van der Waals surface area contributed by atoms with Crippen molar-refractivity contribution in [2.24, 2.45) is 5.10 Å². The van der Waals surface area contributed by atoms with E-state index < -0.39 is 5.97 Å². The third-order valence-corrected chi connectivity index (χ3v) is 4.85. The van der Waals surface area contributed by atoms with Gasteiger partial charge in [-0.25, -0.2) is 4.79 Å². The fourth-order valence-electron chi connectivity index (χ4n) is 2.61. The second-order valence-corrected chi connectivity index (χ2v) is 6.97. The van der Waals surface area contributed by atoms with Gasteiger partial charge in [0.05, 0.1) is 24.6 Å². The molecule has 154 valence electrons. The molecule has 0 spiro atoms. The van der Waals surface area contributed by atoms with Crippen LogP contribution in [0.15, 0.2) is 65.8 Å². The molecule has 0 fully saturated rings. The summed E-state index contributed by atoms with van der Waals surface area (Å²) < 4.78 is 11.2. The lowest BCUT2D eigenvalue weighted by molar-refractivity contribution is 0.0697. The Bertz CT molecular complexity index is 1070. The number of rotatable bonds is 8. The van der Waals surface area contributed by atoms with Gasteiger partial charge in [0.1, 0.15) is 6.61 Å². The quantitative estimate of drug-likeness (QED) is 0.342. The summed E-state index contributed by atoms with van der Waals surface area (Å²) in [6, 6.07) is 17.0. The van der Waals surface area contributed by atoms with Crippen LogP contribution in [0.1, 0.15) is 21.5 Å². The number of halogens is 2. The average Bonchev–Trinajstić information content (AvgIpc) is 2.74. The van der Waals surface area contributed by atoms with E-state index in [0.29, 0.717) is 32.8 Å². The number of ether oxygens (including phenoxy) is 2. The second kappa shape index (κ2) is 10.0. The van der Waals surface area contributed by atoms with Gasteiger partial charge in [-0.2, -0.15) is 5.10 Å². The van der Waals surface area contributed by atoms with Crippen LogP contribution >= 0.6 is 23.2 Å². The SMILES string of the molecule is COc1cc(/C=N/Nc2cccc(C(=O)O)c2)ccc1OCc1c(Cl)cccc1Cl. The van der Waals surface area contributed by atoms with Crippen molar-refractivity contribution in [1.82, 2.24) is 0 Å². The zero-order chi connectivity index (χ0) is 21.5. The maximum Gasteiger partial charge on any atom is 0.335 e. The molecule has 2 N–H and O–H groups in total. The first kappa shape index (κ1) is 21.5. The van der Waals surface area contributed by atoms with Gasteiger partial charge in [-0.1, -0.05) is 35.3 Å². The summed E-state index contributed by atoms with van der Waals surface area (Å²) in [5, 5.41) is 14.2. The van der Waals surface area contributed by atoms with Gasteiger partial charge in [-0.3, -0.25) is 5.43 Å². The summed E-state index contributed by atoms with van der Waals surface area (Å²) in [4.78, 5) is 11.0. The van der Waals surface area contributed by atoms with Crippen molar-refractivity contribution < 1.29 is 19.4 Å². The predicted molar refractivity (Wildman–Crippen MR) is 118 cm³/mol. The van der Waals surface area contributed by atoms with Crippen molar-refractivity contribution in [3.8, 4) is 11.5 Å². The van der Waals surface area contributed by atoms with E-state index in [1.807, 2.05) is 6.07 Å². The lowest BCUT2D eigenvalue weighted by atomic mass is 10.2. The van der Waals surface area contributed by atoms with Crippen LogP contribution in [-0.2, 0) is 6.61 Å². The number of hydrazone groups is 1. The number of aromatic carboxylic acids is 1. The van der Waals surface area contributed by atoms with Crippen LogP contribution in [0, 0.1) is 0 Å². The number of carboxylic acids is 1. The first-order chi connectivity index (χ1) is 14.5. The molecule has 0 aromatic heterocycles. The Morgan fingerprint density at radius 1 is 1.07 bits per heavy atom. The third-order valence-electron chi connectivity index (χ3n) is 4.14. The van der Waals surface area contributed by atoms with Crippen molar-refractivity contribution in [3.63, 3.8) is 0 Å². The van der Waals surface area contributed by atoms with Crippen molar-refractivity contribution in [3.05, 3.63) is 87.4 Å². The molecule has 0 unspecified atom stereocenters. The molecular weight excluding hydrogens is 427 g/mol. The smallest absolute Gasteiger partial charge is 0.335 e. The molecule has 0 aliphatic heterocycles. The zero-order valence-electron chi connectivity index (χ0n) is 15.9. The summed E-state index contributed by atoms with van der Waals surface area (Å²) in [6.07, 6.45) is 1.59. The maximum absolute atomic E-state index is 11.0. The van der Waals surface area contributed by atoms with Gasteiger partial charge in [-0.15, -0.1) is 0 Å². The summed E-state index contributed by atoms with van der Waals surface area (Å²) >= 11 is 12.4. The monoisotopic (exact) mass is 444 g/mol. The van der Waals surface area contributed by atoms with E-state index in [2.05, 4.69) is 10.5 Å². The van der Waals surface area contributed by atoms with E-state index in [9.17, 15) is 4.79 Å². The number of carbonyl (C=O) groups is 1. The van der Waals surface area contributed by atoms with E-state index >= 15 is 0 Å². The Morgan fingerprint density at radius 3 is 2.50 bits per heavy atom. The van der Waals surface area contributed by atoms with Crippen LogP contribution in [0.5, 0.6) is 11.5 Å². The minimum atomic E-state index is -0.999. The maximum atomic E-state index is 11.0. The van der Waals surface area contributed by atoms with E-state index in [-0.39, 0.29) is 12.2 Å². The lowest BCUT2D eigenvalue weighted by Gasteiger charge is -2.13. The van der Waals surface area contributed by atoms with E-state index in [0.717, 1.165) is 5.56 Å². The molecule has 30 heavy (non-hydrogen) atoms.